The van der Waals surface area contributed by atoms with E-state index in [9.17, 15) is 8.42 Å². The summed E-state index contributed by atoms with van der Waals surface area (Å²) < 4.78 is 24.9. The van der Waals surface area contributed by atoms with E-state index in [4.69, 9.17) is 11.0 Å². The van der Waals surface area contributed by atoms with Crippen LogP contribution in [0.3, 0.4) is 0 Å². The van der Waals surface area contributed by atoms with E-state index in [1.165, 1.54) is 25.4 Å². The predicted octanol–water partition coefficient (Wildman–Crippen LogP) is 0.198. The molecule has 0 fully saturated rings. The van der Waals surface area contributed by atoms with Gasteiger partial charge >= 0.3 is 0 Å². The first kappa shape index (κ1) is 12.4. The van der Waals surface area contributed by atoms with Crippen LogP contribution in [0.5, 0.6) is 0 Å². The molecule has 0 radical (unpaired) electrons. The third-order valence-electron chi connectivity index (χ3n) is 2.01. The fourth-order valence-electron chi connectivity index (χ4n) is 1.05. The Labute approximate surface area is 94.4 Å². The molecule has 7 heteroatoms. The van der Waals surface area contributed by atoms with Gasteiger partial charge in [0.15, 0.2) is 0 Å². The van der Waals surface area contributed by atoms with Gasteiger partial charge in [0.1, 0.15) is 10.7 Å². The molecule has 0 aliphatic carbocycles. The van der Waals surface area contributed by atoms with Crippen molar-refractivity contribution < 1.29 is 8.42 Å². The molecule has 1 aromatic rings. The zero-order valence-corrected chi connectivity index (χ0v) is 9.61. The second-order valence-electron chi connectivity index (χ2n) is 3.15. The summed E-state index contributed by atoms with van der Waals surface area (Å²) in [6.07, 6.45) is 1.35. The van der Waals surface area contributed by atoms with Crippen molar-refractivity contribution in [3.8, 4) is 6.07 Å². The van der Waals surface area contributed by atoms with Gasteiger partial charge in [-0.3, -0.25) is 0 Å². The number of hydrogen-bond acceptors (Lipinski definition) is 5. The number of hydrogen-bond donors (Lipinski definition) is 1. The Bertz CT molecular complexity index is 489. The summed E-state index contributed by atoms with van der Waals surface area (Å²) in [7, 11) is -2.14. The largest absolute Gasteiger partial charge is 0.384 e. The first-order valence-electron chi connectivity index (χ1n) is 4.53. The molecule has 0 aliphatic heterocycles. The summed E-state index contributed by atoms with van der Waals surface area (Å²) in [6.45, 7) is 0.156. The quantitative estimate of drug-likeness (QED) is 0.810. The lowest BCUT2D eigenvalue weighted by molar-refractivity contribution is 0.476. The molecule has 0 spiro atoms. The smallest absolute Gasteiger partial charge is 0.244 e. The summed E-state index contributed by atoms with van der Waals surface area (Å²) in [5.41, 5.74) is 5.36. The van der Waals surface area contributed by atoms with Gasteiger partial charge in [-0.15, -0.1) is 0 Å². The number of aromatic nitrogens is 1. The highest BCUT2D eigenvalue weighted by atomic mass is 32.2. The summed E-state index contributed by atoms with van der Waals surface area (Å²) >= 11 is 0. The van der Waals surface area contributed by atoms with Crippen molar-refractivity contribution in [2.24, 2.45) is 0 Å². The Kier molecular flexibility index (Phi) is 3.82. The summed E-state index contributed by atoms with van der Waals surface area (Å²) in [4.78, 5) is 3.79. The van der Waals surface area contributed by atoms with Gasteiger partial charge in [-0.25, -0.2) is 13.4 Å². The normalized spacial score (nSPS) is 11.3. The molecular weight excluding hydrogens is 228 g/mol. The van der Waals surface area contributed by atoms with Crippen LogP contribution in [0.15, 0.2) is 23.2 Å². The Morgan fingerprint density at radius 1 is 1.56 bits per heavy atom. The predicted molar refractivity (Wildman–Crippen MR) is 58.7 cm³/mol. The molecule has 2 N–H and O–H groups in total. The van der Waals surface area contributed by atoms with E-state index in [0.29, 0.717) is 0 Å². The minimum absolute atomic E-state index is 0.0714. The molecular formula is C9H12N4O2S. The molecule has 1 aromatic heterocycles. The number of sulfonamides is 1. The molecule has 6 nitrogen and oxygen atoms in total. The summed E-state index contributed by atoms with van der Waals surface area (Å²) in [5.74, 6) is 0.263. The van der Waals surface area contributed by atoms with Crippen molar-refractivity contribution in [3.63, 3.8) is 0 Å². The van der Waals surface area contributed by atoms with Crippen molar-refractivity contribution in [2.75, 3.05) is 19.3 Å². The number of nitrogens with zero attached hydrogens (tertiary/aromatic N) is 3. The molecule has 1 rings (SSSR count). The van der Waals surface area contributed by atoms with Crippen LogP contribution in [0.4, 0.5) is 5.82 Å². The maximum Gasteiger partial charge on any atom is 0.244 e. The molecule has 16 heavy (non-hydrogen) atoms. The molecule has 0 aliphatic rings. The number of nitrogen functional groups attached to an aromatic ring is 1. The first-order chi connectivity index (χ1) is 7.48. The second-order valence-corrected chi connectivity index (χ2v) is 5.20. The van der Waals surface area contributed by atoms with Gasteiger partial charge in [0, 0.05) is 26.2 Å². The van der Waals surface area contributed by atoms with Crippen molar-refractivity contribution in [1.82, 2.24) is 9.29 Å². The monoisotopic (exact) mass is 240 g/mol. The molecule has 0 saturated heterocycles. The number of nitrogens with two attached hydrogens (primary N) is 1. The third kappa shape index (κ3) is 2.68. The second kappa shape index (κ2) is 4.92. The van der Waals surface area contributed by atoms with Crippen LogP contribution in [-0.2, 0) is 10.0 Å². The molecule has 0 amide bonds. The fraction of sp³-hybridized carbons (Fsp3) is 0.333. The number of rotatable bonds is 4. The van der Waals surface area contributed by atoms with Gasteiger partial charge in [0.25, 0.3) is 0 Å². The van der Waals surface area contributed by atoms with Gasteiger partial charge in [0.2, 0.25) is 10.0 Å². The summed E-state index contributed by atoms with van der Waals surface area (Å²) in [5, 5.41) is 8.39. The standard InChI is InChI=1S/C9H12N4O2S/c1-13(6-2-5-10)16(14,15)8-3-4-9(11)12-7-8/h3-4,7H,2,6H2,1H3,(H2,11,12). The van der Waals surface area contributed by atoms with E-state index in [-0.39, 0.29) is 23.7 Å². The molecule has 0 saturated carbocycles. The minimum Gasteiger partial charge on any atom is -0.384 e. The molecule has 1 heterocycles. The lowest BCUT2D eigenvalue weighted by atomic mass is 10.5. The van der Waals surface area contributed by atoms with Crippen molar-refractivity contribution in [3.05, 3.63) is 18.3 Å². The van der Waals surface area contributed by atoms with Crippen LogP contribution >= 0.6 is 0 Å². The average Bonchev–Trinajstić information content (AvgIpc) is 2.26. The first-order valence-corrected chi connectivity index (χ1v) is 5.97. The lowest BCUT2D eigenvalue weighted by Crippen LogP contribution is -2.27. The third-order valence-corrected chi connectivity index (χ3v) is 3.85. The van der Waals surface area contributed by atoms with E-state index in [1.54, 1.807) is 0 Å². The number of anilines is 1. The van der Waals surface area contributed by atoms with Gasteiger partial charge in [0.05, 0.1) is 6.07 Å². The molecule has 0 bridgehead atoms. The average molecular weight is 240 g/mol. The zero-order valence-electron chi connectivity index (χ0n) is 8.79. The van der Waals surface area contributed by atoms with Gasteiger partial charge < -0.3 is 5.73 Å². The maximum absolute atomic E-state index is 11.9. The van der Waals surface area contributed by atoms with Crippen molar-refractivity contribution >= 4 is 15.8 Å². The number of nitriles is 1. The van der Waals surface area contributed by atoms with E-state index in [1.807, 2.05) is 6.07 Å². The van der Waals surface area contributed by atoms with Crippen LogP contribution in [0, 0.1) is 11.3 Å². The van der Waals surface area contributed by atoms with Crippen LogP contribution in [0.1, 0.15) is 6.42 Å². The minimum atomic E-state index is -3.56. The van der Waals surface area contributed by atoms with Crippen molar-refractivity contribution in [1.29, 1.82) is 5.26 Å². The SMILES string of the molecule is CN(CCC#N)S(=O)(=O)c1ccc(N)nc1. The fourth-order valence-corrected chi connectivity index (χ4v) is 2.17. The maximum atomic E-state index is 11.9. The van der Waals surface area contributed by atoms with Gasteiger partial charge in [-0.1, -0.05) is 0 Å². The van der Waals surface area contributed by atoms with Gasteiger partial charge in [-0.2, -0.15) is 9.57 Å². The van der Waals surface area contributed by atoms with Crippen LogP contribution in [0.2, 0.25) is 0 Å². The van der Waals surface area contributed by atoms with Crippen molar-refractivity contribution in [2.45, 2.75) is 11.3 Å². The number of pyridine rings is 1. The topological polar surface area (TPSA) is 100 Å². The highest BCUT2D eigenvalue weighted by Crippen LogP contribution is 2.13. The Hall–Kier alpha value is -1.65. The van der Waals surface area contributed by atoms with Crippen LogP contribution < -0.4 is 5.73 Å². The summed E-state index contributed by atoms with van der Waals surface area (Å²) in [6, 6.07) is 4.70. The Morgan fingerprint density at radius 3 is 2.75 bits per heavy atom. The Morgan fingerprint density at radius 2 is 2.25 bits per heavy atom. The molecule has 0 unspecified atom stereocenters. The Balaban J connectivity index is 2.94. The highest BCUT2D eigenvalue weighted by Gasteiger charge is 2.20. The highest BCUT2D eigenvalue weighted by molar-refractivity contribution is 7.89. The van der Waals surface area contributed by atoms with Crippen LogP contribution in [0.25, 0.3) is 0 Å². The lowest BCUT2D eigenvalue weighted by Gasteiger charge is -2.15. The van der Waals surface area contributed by atoms with E-state index >= 15 is 0 Å². The van der Waals surface area contributed by atoms with E-state index in [2.05, 4.69) is 4.98 Å². The molecule has 0 aromatic carbocycles. The zero-order chi connectivity index (χ0) is 12.2. The van der Waals surface area contributed by atoms with Crippen LogP contribution in [-0.4, -0.2) is 31.3 Å². The molecule has 86 valence electrons. The molecule has 0 atom stereocenters. The van der Waals surface area contributed by atoms with E-state index in [0.717, 1.165) is 4.31 Å². The van der Waals surface area contributed by atoms with E-state index < -0.39 is 10.0 Å². The van der Waals surface area contributed by atoms with Gasteiger partial charge in [-0.05, 0) is 12.1 Å².